The Balaban J connectivity index is 1.91. The summed E-state index contributed by atoms with van der Waals surface area (Å²) in [6.07, 6.45) is -3.53. The Hall–Kier alpha value is -1.08. The molecule has 0 spiro atoms. The largest absolute Gasteiger partial charge is 0.393 e. The molecule has 0 bridgehead atoms. The van der Waals surface area contributed by atoms with E-state index in [1.807, 2.05) is 31.4 Å². The zero-order chi connectivity index (χ0) is 17.0. The molecule has 0 aromatic carbocycles. The van der Waals surface area contributed by atoms with Gasteiger partial charge in [0.2, 0.25) is 5.91 Å². The molecule has 0 saturated carbocycles. The summed E-state index contributed by atoms with van der Waals surface area (Å²) in [6.45, 7) is 4.53. The van der Waals surface area contributed by atoms with E-state index in [1.54, 1.807) is 16.2 Å². The van der Waals surface area contributed by atoms with Gasteiger partial charge in [0.05, 0.1) is 18.5 Å². The molecule has 1 fully saturated rings. The number of carbonyl (C=O) groups is 1. The third-order valence-electron chi connectivity index (χ3n) is 4.17. The molecule has 1 saturated heterocycles. The lowest BCUT2D eigenvalue weighted by Crippen LogP contribution is -2.46. The highest BCUT2D eigenvalue weighted by atomic mass is 32.1. The molecule has 1 aliphatic rings. The maximum atomic E-state index is 12.8. The van der Waals surface area contributed by atoms with Crippen LogP contribution >= 0.6 is 11.3 Å². The average Bonchev–Trinajstić information content (AvgIpc) is 2.97. The highest BCUT2D eigenvalue weighted by Crippen LogP contribution is 2.33. The molecule has 130 valence electrons. The van der Waals surface area contributed by atoms with E-state index in [1.165, 1.54) is 0 Å². The summed E-state index contributed by atoms with van der Waals surface area (Å²) < 4.78 is 38.5. The smallest absolute Gasteiger partial charge is 0.347 e. The first-order valence-corrected chi connectivity index (χ1v) is 8.77. The zero-order valence-corrected chi connectivity index (χ0v) is 14.2. The van der Waals surface area contributed by atoms with Crippen LogP contribution in [0.25, 0.3) is 0 Å². The summed E-state index contributed by atoms with van der Waals surface area (Å²) >= 11 is 1.57. The van der Waals surface area contributed by atoms with Gasteiger partial charge in [0.25, 0.3) is 0 Å². The van der Waals surface area contributed by atoms with Gasteiger partial charge in [0, 0.05) is 11.4 Å². The highest BCUT2D eigenvalue weighted by Gasteiger charge is 2.42. The van der Waals surface area contributed by atoms with Crippen molar-refractivity contribution in [3.05, 3.63) is 22.4 Å². The van der Waals surface area contributed by atoms with Crippen LogP contribution in [0.15, 0.2) is 17.5 Å². The van der Waals surface area contributed by atoms with E-state index in [0.717, 1.165) is 4.88 Å². The normalized spacial score (nSPS) is 21.4. The van der Waals surface area contributed by atoms with Crippen molar-refractivity contribution in [1.29, 1.82) is 0 Å². The number of hydrogen-bond donors (Lipinski definition) is 1. The lowest BCUT2D eigenvalue weighted by Gasteiger charge is -2.33. The number of hydrogen-bond acceptors (Lipinski definition) is 3. The Morgan fingerprint density at radius 3 is 2.78 bits per heavy atom. The minimum absolute atomic E-state index is 0.0289. The van der Waals surface area contributed by atoms with Crippen LogP contribution in [-0.4, -0.2) is 36.6 Å². The van der Waals surface area contributed by atoms with Gasteiger partial charge in [-0.1, -0.05) is 19.9 Å². The third-order valence-corrected chi connectivity index (χ3v) is 5.12. The molecular weight excluding hydrogens is 325 g/mol. The molecule has 1 N–H and O–H groups in total. The molecule has 0 unspecified atom stereocenters. The lowest BCUT2D eigenvalue weighted by molar-refractivity contribution is -0.187. The van der Waals surface area contributed by atoms with Crippen LogP contribution in [0.2, 0.25) is 0 Å². The Morgan fingerprint density at radius 1 is 1.48 bits per heavy atom. The van der Waals surface area contributed by atoms with E-state index in [4.69, 9.17) is 0 Å². The van der Waals surface area contributed by atoms with Crippen LogP contribution in [0.4, 0.5) is 13.2 Å². The average molecular weight is 348 g/mol. The van der Waals surface area contributed by atoms with E-state index in [2.05, 4.69) is 5.32 Å². The summed E-state index contributed by atoms with van der Waals surface area (Å²) in [7, 11) is 0. The van der Waals surface area contributed by atoms with E-state index in [0.29, 0.717) is 13.0 Å². The van der Waals surface area contributed by atoms with Gasteiger partial charge in [-0.25, -0.2) is 0 Å². The van der Waals surface area contributed by atoms with Gasteiger partial charge in [-0.3, -0.25) is 9.69 Å². The summed E-state index contributed by atoms with van der Waals surface area (Å²) in [4.78, 5) is 14.9. The van der Waals surface area contributed by atoms with Crippen LogP contribution < -0.4 is 5.32 Å². The van der Waals surface area contributed by atoms with Gasteiger partial charge in [-0.05, 0) is 36.8 Å². The molecule has 2 heterocycles. The van der Waals surface area contributed by atoms with Crippen molar-refractivity contribution >= 4 is 17.2 Å². The minimum Gasteiger partial charge on any atom is -0.347 e. The van der Waals surface area contributed by atoms with Crippen LogP contribution in [0.3, 0.4) is 0 Å². The number of nitrogens with one attached hydrogen (secondary N) is 1. The number of alkyl halides is 3. The predicted octanol–water partition coefficient (Wildman–Crippen LogP) is 3.84. The van der Waals surface area contributed by atoms with Crippen molar-refractivity contribution in [3.8, 4) is 0 Å². The van der Waals surface area contributed by atoms with Crippen molar-refractivity contribution in [2.45, 2.75) is 38.9 Å². The Bertz CT molecular complexity index is 502. The van der Waals surface area contributed by atoms with Crippen molar-refractivity contribution in [3.63, 3.8) is 0 Å². The van der Waals surface area contributed by atoms with E-state index in [-0.39, 0.29) is 37.4 Å². The van der Waals surface area contributed by atoms with Crippen LogP contribution in [0.5, 0.6) is 0 Å². The maximum Gasteiger partial charge on any atom is 0.393 e. The van der Waals surface area contributed by atoms with E-state index >= 15 is 0 Å². The Kier molecular flexibility index (Phi) is 6.08. The molecule has 23 heavy (non-hydrogen) atoms. The number of piperidine rings is 1. The van der Waals surface area contributed by atoms with Crippen molar-refractivity contribution in [2.75, 3.05) is 19.6 Å². The zero-order valence-electron chi connectivity index (χ0n) is 13.4. The van der Waals surface area contributed by atoms with Crippen LogP contribution in [-0.2, 0) is 4.79 Å². The fourth-order valence-electron chi connectivity index (χ4n) is 2.92. The van der Waals surface area contributed by atoms with Gasteiger partial charge in [-0.2, -0.15) is 13.2 Å². The molecule has 7 heteroatoms. The molecule has 1 aliphatic heterocycles. The van der Waals surface area contributed by atoms with Gasteiger partial charge in [-0.15, -0.1) is 11.3 Å². The third kappa shape index (κ3) is 5.21. The Labute approximate surface area is 138 Å². The van der Waals surface area contributed by atoms with Crippen LogP contribution in [0, 0.1) is 11.8 Å². The second-order valence-electron chi connectivity index (χ2n) is 6.42. The number of halogens is 3. The quantitative estimate of drug-likeness (QED) is 0.877. The fraction of sp³-hybridized carbons (Fsp3) is 0.688. The molecule has 0 radical (unpaired) electrons. The number of likely N-dealkylation sites (tertiary alicyclic amines) is 1. The summed E-state index contributed by atoms with van der Waals surface area (Å²) in [5.74, 6) is -1.30. The summed E-state index contributed by atoms with van der Waals surface area (Å²) in [5, 5.41) is 4.92. The molecule has 0 aliphatic carbocycles. The Morgan fingerprint density at radius 2 is 2.22 bits per heavy atom. The first-order valence-electron chi connectivity index (χ1n) is 7.89. The summed E-state index contributed by atoms with van der Waals surface area (Å²) in [6, 6.07) is 3.81. The predicted molar refractivity (Wildman–Crippen MR) is 85.3 cm³/mol. The monoisotopic (exact) mass is 348 g/mol. The second kappa shape index (κ2) is 7.66. The number of nitrogens with zero attached hydrogens (tertiary/aromatic N) is 1. The molecule has 1 aromatic heterocycles. The fourth-order valence-corrected chi connectivity index (χ4v) is 3.87. The molecule has 2 rings (SSSR count). The van der Waals surface area contributed by atoms with Crippen molar-refractivity contribution < 1.29 is 18.0 Å². The first-order chi connectivity index (χ1) is 10.8. The molecular formula is C16H23F3N2OS. The number of thiophene rings is 1. The van der Waals surface area contributed by atoms with E-state index in [9.17, 15) is 18.0 Å². The number of rotatable bonds is 5. The van der Waals surface area contributed by atoms with Crippen molar-refractivity contribution in [2.24, 2.45) is 11.8 Å². The topological polar surface area (TPSA) is 32.3 Å². The molecule has 1 amide bonds. The van der Waals surface area contributed by atoms with Crippen molar-refractivity contribution in [1.82, 2.24) is 10.2 Å². The SMILES string of the molecule is CC(C)[C@H](NC(=O)CN1CCC[C@@H](C(F)(F)F)C1)c1cccs1. The van der Waals surface area contributed by atoms with Gasteiger partial charge < -0.3 is 5.32 Å². The summed E-state index contributed by atoms with van der Waals surface area (Å²) in [5.41, 5.74) is 0. The maximum absolute atomic E-state index is 12.8. The minimum atomic E-state index is -4.17. The lowest BCUT2D eigenvalue weighted by atomic mass is 9.97. The number of amides is 1. The van der Waals surface area contributed by atoms with E-state index < -0.39 is 12.1 Å². The molecule has 1 aromatic rings. The second-order valence-corrected chi connectivity index (χ2v) is 7.40. The highest BCUT2D eigenvalue weighted by molar-refractivity contribution is 7.10. The molecule has 3 nitrogen and oxygen atoms in total. The molecule has 2 atom stereocenters. The first kappa shape index (κ1) is 18.3. The van der Waals surface area contributed by atoms with Gasteiger partial charge in [0.1, 0.15) is 0 Å². The van der Waals surface area contributed by atoms with Crippen LogP contribution in [0.1, 0.15) is 37.6 Å². The van der Waals surface area contributed by atoms with Gasteiger partial charge in [0.15, 0.2) is 0 Å². The van der Waals surface area contributed by atoms with Gasteiger partial charge >= 0.3 is 6.18 Å². The number of carbonyl (C=O) groups excluding carboxylic acids is 1. The standard InChI is InChI=1S/C16H23F3N2OS/c1-11(2)15(13-6-4-8-23-13)20-14(22)10-21-7-3-5-12(9-21)16(17,18)19/h4,6,8,11-12,15H,3,5,7,9-10H2,1-2H3,(H,20,22)/t12-,15+/m1/s1.